The first-order valence-corrected chi connectivity index (χ1v) is 14.2. The second-order valence-electron chi connectivity index (χ2n) is 9.97. The van der Waals surface area contributed by atoms with Gasteiger partial charge in [0.1, 0.15) is 5.56 Å². The monoisotopic (exact) mass is 625 g/mol. The third-order valence-corrected chi connectivity index (χ3v) is 7.97. The molecular formula is C30H29Cl2N5O6. The summed E-state index contributed by atoms with van der Waals surface area (Å²) in [6.45, 7) is 1.34. The number of ether oxygens (including phenoxy) is 2. The number of H-pyrrole nitrogens is 1. The lowest BCUT2D eigenvalue weighted by molar-refractivity contribution is -0.0281. The molecule has 224 valence electrons. The number of hydrogen-bond donors (Lipinski definition) is 4. The molecule has 2 aromatic heterocycles. The highest BCUT2D eigenvalue weighted by molar-refractivity contribution is 6.39. The number of aromatic nitrogens is 3. The summed E-state index contributed by atoms with van der Waals surface area (Å²) in [5.74, 6) is -0.357. The van der Waals surface area contributed by atoms with Crippen molar-refractivity contribution in [2.75, 3.05) is 25.6 Å². The number of anilines is 1. The topological polar surface area (TPSA) is 148 Å². The van der Waals surface area contributed by atoms with Crippen LogP contribution < -0.4 is 26.5 Å². The summed E-state index contributed by atoms with van der Waals surface area (Å²) in [6.07, 6.45) is 0.122. The number of rotatable bonds is 8. The number of amides is 1. The van der Waals surface area contributed by atoms with Gasteiger partial charge in [-0.05, 0) is 18.6 Å². The molecule has 1 saturated heterocycles. The molecule has 0 saturated carbocycles. The molecule has 5 rings (SSSR count). The van der Waals surface area contributed by atoms with Crippen LogP contribution in [0.4, 0.5) is 5.69 Å². The van der Waals surface area contributed by atoms with Gasteiger partial charge in [0.2, 0.25) is 5.88 Å². The molecule has 0 aliphatic carbocycles. The fraction of sp³-hybridized carbons (Fsp3) is 0.267. The zero-order valence-corrected chi connectivity index (χ0v) is 24.8. The molecule has 11 nitrogen and oxygen atoms in total. The van der Waals surface area contributed by atoms with Crippen molar-refractivity contribution in [2.45, 2.75) is 25.1 Å². The highest BCUT2D eigenvalue weighted by Gasteiger charge is 2.24. The number of aliphatic hydroxyl groups excluding tert-OH is 1. The third kappa shape index (κ3) is 6.51. The maximum Gasteiger partial charge on any atom is 0.277 e. The number of nitrogens with one attached hydrogen (secondary N) is 3. The number of aromatic amines is 1. The van der Waals surface area contributed by atoms with Crippen molar-refractivity contribution in [3.05, 3.63) is 96.5 Å². The zero-order valence-electron chi connectivity index (χ0n) is 23.3. The lowest BCUT2D eigenvalue weighted by atomic mass is 10.00. The van der Waals surface area contributed by atoms with Crippen LogP contribution in [0.25, 0.3) is 22.4 Å². The first-order chi connectivity index (χ1) is 20.7. The van der Waals surface area contributed by atoms with Gasteiger partial charge in [-0.25, -0.2) is 4.98 Å². The van der Waals surface area contributed by atoms with Crippen molar-refractivity contribution in [3.8, 4) is 28.3 Å². The molecule has 1 aliphatic heterocycles. The van der Waals surface area contributed by atoms with E-state index in [1.165, 1.54) is 14.2 Å². The summed E-state index contributed by atoms with van der Waals surface area (Å²) in [5, 5.41) is 19.0. The minimum atomic E-state index is -0.775. The summed E-state index contributed by atoms with van der Waals surface area (Å²) >= 11 is 13.6. The summed E-state index contributed by atoms with van der Waals surface area (Å²) in [6, 6.07) is 15.0. The van der Waals surface area contributed by atoms with Crippen LogP contribution in [0.15, 0.2) is 64.2 Å². The van der Waals surface area contributed by atoms with Gasteiger partial charge in [-0.2, -0.15) is 0 Å². The molecule has 1 amide bonds. The number of aryl methyl sites for hydroxylation is 1. The Bertz CT molecular complexity index is 1790. The molecule has 0 spiro atoms. The van der Waals surface area contributed by atoms with Gasteiger partial charge >= 0.3 is 0 Å². The second-order valence-corrected chi connectivity index (χ2v) is 10.7. The van der Waals surface area contributed by atoms with Crippen molar-refractivity contribution in [1.82, 2.24) is 20.1 Å². The van der Waals surface area contributed by atoms with Crippen molar-refractivity contribution in [2.24, 2.45) is 7.05 Å². The van der Waals surface area contributed by atoms with Gasteiger partial charge in [0, 0.05) is 54.6 Å². The second kappa shape index (κ2) is 13.1. The Balaban J connectivity index is 1.42. The molecule has 4 N–H and O–H groups in total. The van der Waals surface area contributed by atoms with Crippen LogP contribution in [0, 0.1) is 0 Å². The molecule has 2 atom stereocenters. The lowest BCUT2D eigenvalue weighted by Crippen LogP contribution is -2.46. The average molecular weight is 626 g/mol. The number of halogens is 2. The number of aliphatic hydroxyl groups is 1. The normalized spacial score (nSPS) is 16.6. The molecule has 4 aromatic rings. The van der Waals surface area contributed by atoms with Gasteiger partial charge in [-0.1, -0.05) is 59.6 Å². The van der Waals surface area contributed by atoms with Gasteiger partial charge in [0.15, 0.2) is 0 Å². The highest BCUT2D eigenvalue weighted by Crippen LogP contribution is 2.41. The molecule has 13 heteroatoms. The van der Waals surface area contributed by atoms with Gasteiger partial charge in [-0.15, -0.1) is 0 Å². The predicted octanol–water partition coefficient (Wildman–Crippen LogP) is 3.61. The smallest absolute Gasteiger partial charge is 0.277 e. The van der Waals surface area contributed by atoms with Crippen LogP contribution >= 0.6 is 23.2 Å². The van der Waals surface area contributed by atoms with Crippen molar-refractivity contribution in [3.63, 3.8) is 0 Å². The van der Waals surface area contributed by atoms with Gasteiger partial charge in [0.25, 0.3) is 17.0 Å². The lowest BCUT2D eigenvalue weighted by Gasteiger charge is -2.28. The maximum absolute atomic E-state index is 12.9. The highest BCUT2D eigenvalue weighted by atomic mass is 35.5. The average Bonchev–Trinajstić information content (AvgIpc) is 3.00. The summed E-state index contributed by atoms with van der Waals surface area (Å²) in [7, 11) is 2.88. The van der Waals surface area contributed by atoms with Crippen LogP contribution in [-0.4, -0.2) is 58.2 Å². The Morgan fingerprint density at radius 1 is 1.12 bits per heavy atom. The van der Waals surface area contributed by atoms with Crippen LogP contribution in [0.2, 0.25) is 10.0 Å². The third-order valence-electron chi connectivity index (χ3n) is 7.16. The zero-order chi connectivity index (χ0) is 30.7. The molecule has 0 radical (unpaired) electrons. The van der Waals surface area contributed by atoms with E-state index >= 15 is 0 Å². The molecule has 43 heavy (non-hydrogen) atoms. The van der Waals surface area contributed by atoms with E-state index in [1.807, 2.05) is 24.3 Å². The number of nitrogens with zero attached hydrogens (tertiary/aromatic N) is 2. The minimum Gasteiger partial charge on any atom is -0.481 e. The number of pyridine rings is 1. The molecular weight excluding hydrogens is 597 g/mol. The molecule has 1 aliphatic rings. The van der Waals surface area contributed by atoms with E-state index < -0.39 is 23.1 Å². The largest absolute Gasteiger partial charge is 0.481 e. The Morgan fingerprint density at radius 3 is 2.58 bits per heavy atom. The Kier molecular flexibility index (Phi) is 9.28. The molecule has 3 heterocycles. The fourth-order valence-electron chi connectivity index (χ4n) is 4.88. The summed E-state index contributed by atoms with van der Waals surface area (Å²) in [5.41, 5.74) is 1.81. The number of benzene rings is 2. The standard InChI is InChI=1S/C30H29Cl2N5O6/c1-37-30(41)20(13-25(39)36-37)28(40)34-23-8-4-6-18(27(23)32)17-5-3-7-19(26(17)31)21-10-9-16(29(35-21)42-2)14-33-22-11-12-43-15-24(22)38/h3-10,13,22,24,33,38H,11-12,14-15H2,1-2H3,(H,34,40)(H,36,39)/t22-,24+/m1/s1. The maximum atomic E-state index is 12.9. The SMILES string of the molecule is COc1nc(-c2cccc(-c3cccc(NC(=O)c4cc(=O)[nH]n(C)c4=O)c3Cl)c2Cl)ccc1CN[C@@H]1CCOC[C@@H]1O. The number of carbonyl (C=O) groups excluding carboxylic acids is 1. The van der Waals surface area contributed by atoms with E-state index in [9.17, 15) is 19.5 Å². The summed E-state index contributed by atoms with van der Waals surface area (Å²) in [4.78, 5) is 41.8. The van der Waals surface area contributed by atoms with E-state index in [1.54, 1.807) is 24.3 Å². The molecule has 0 unspecified atom stereocenters. The van der Waals surface area contributed by atoms with Gasteiger partial charge < -0.3 is 25.2 Å². The number of methoxy groups -OCH3 is 1. The van der Waals surface area contributed by atoms with Gasteiger partial charge in [-0.3, -0.25) is 24.2 Å². The van der Waals surface area contributed by atoms with Crippen molar-refractivity contribution >= 4 is 34.8 Å². The number of carbonyl (C=O) groups is 1. The van der Waals surface area contributed by atoms with Gasteiger partial charge in [0.05, 0.1) is 41.2 Å². The van der Waals surface area contributed by atoms with E-state index in [4.69, 9.17) is 37.7 Å². The van der Waals surface area contributed by atoms with E-state index in [2.05, 4.69) is 15.7 Å². The quantitative estimate of drug-likeness (QED) is 0.232. The molecule has 2 aromatic carbocycles. The van der Waals surface area contributed by atoms with Crippen LogP contribution in [0.5, 0.6) is 5.88 Å². The van der Waals surface area contributed by atoms with E-state index in [0.29, 0.717) is 59.5 Å². The Morgan fingerprint density at radius 2 is 1.84 bits per heavy atom. The first kappa shape index (κ1) is 30.5. The fourth-order valence-corrected chi connectivity index (χ4v) is 5.48. The minimum absolute atomic E-state index is 0.0877. The first-order valence-electron chi connectivity index (χ1n) is 13.4. The molecule has 0 bridgehead atoms. The van der Waals surface area contributed by atoms with Crippen LogP contribution in [0.1, 0.15) is 22.3 Å². The van der Waals surface area contributed by atoms with Crippen molar-refractivity contribution < 1.29 is 19.4 Å². The van der Waals surface area contributed by atoms with Crippen LogP contribution in [0.3, 0.4) is 0 Å². The Hall–Kier alpha value is -4.00. The molecule has 1 fully saturated rings. The Labute approximate surface area is 256 Å². The van der Waals surface area contributed by atoms with E-state index in [-0.39, 0.29) is 22.3 Å². The number of hydrogen-bond acceptors (Lipinski definition) is 8. The van der Waals surface area contributed by atoms with Crippen molar-refractivity contribution in [1.29, 1.82) is 0 Å². The predicted molar refractivity (Wildman–Crippen MR) is 164 cm³/mol. The van der Waals surface area contributed by atoms with E-state index in [0.717, 1.165) is 16.3 Å². The van der Waals surface area contributed by atoms with Crippen LogP contribution in [-0.2, 0) is 18.3 Å². The summed E-state index contributed by atoms with van der Waals surface area (Å²) < 4.78 is 11.8.